The maximum atomic E-state index is 5.79. The molecule has 0 radical (unpaired) electrons. The fourth-order valence-electron chi connectivity index (χ4n) is 2.12. The highest BCUT2D eigenvalue weighted by molar-refractivity contribution is 4.82. The number of hydrogen-bond acceptors (Lipinski definition) is 4. The monoisotopic (exact) mass is 231 g/mol. The molecular weight excluding hydrogens is 206 g/mol. The molecule has 0 aromatic rings. The van der Waals surface area contributed by atoms with E-state index in [1.165, 1.54) is 19.3 Å². The average Bonchev–Trinajstić information content (AvgIpc) is 2.75. The Hall–Kier alpha value is -0.160. The second-order valence-electron chi connectivity index (χ2n) is 4.19. The van der Waals surface area contributed by atoms with Crippen LogP contribution in [0.25, 0.3) is 0 Å². The molecule has 2 atom stereocenters. The molecule has 0 amide bonds. The maximum absolute atomic E-state index is 5.79. The van der Waals surface area contributed by atoms with Crippen LogP contribution in [0.15, 0.2) is 0 Å². The third kappa shape index (κ3) is 5.25. The van der Waals surface area contributed by atoms with E-state index in [1.807, 2.05) is 7.05 Å². The zero-order valence-corrected chi connectivity index (χ0v) is 10.5. The Morgan fingerprint density at radius 3 is 2.75 bits per heavy atom. The molecule has 16 heavy (non-hydrogen) atoms. The first-order chi connectivity index (χ1) is 7.88. The van der Waals surface area contributed by atoms with E-state index >= 15 is 0 Å². The molecule has 2 unspecified atom stereocenters. The van der Waals surface area contributed by atoms with Gasteiger partial charge in [0.05, 0.1) is 19.3 Å². The number of ether oxygens (including phenoxy) is 3. The zero-order chi connectivity index (χ0) is 11.6. The van der Waals surface area contributed by atoms with E-state index in [1.54, 1.807) is 7.11 Å². The molecule has 1 aliphatic rings. The summed E-state index contributed by atoms with van der Waals surface area (Å²) in [7, 11) is 3.72. The van der Waals surface area contributed by atoms with Crippen molar-refractivity contribution in [1.82, 2.24) is 5.32 Å². The van der Waals surface area contributed by atoms with Crippen LogP contribution >= 0.6 is 0 Å². The van der Waals surface area contributed by atoms with Gasteiger partial charge in [-0.15, -0.1) is 0 Å². The van der Waals surface area contributed by atoms with Crippen molar-refractivity contribution in [2.75, 3.05) is 40.6 Å². The van der Waals surface area contributed by atoms with E-state index in [-0.39, 0.29) is 0 Å². The van der Waals surface area contributed by atoms with E-state index in [9.17, 15) is 0 Å². The van der Waals surface area contributed by atoms with Gasteiger partial charge in [0.1, 0.15) is 0 Å². The van der Waals surface area contributed by atoms with Gasteiger partial charge in [0.15, 0.2) is 0 Å². The van der Waals surface area contributed by atoms with Crippen molar-refractivity contribution in [1.29, 1.82) is 0 Å². The minimum absolute atomic E-state index is 0.382. The summed E-state index contributed by atoms with van der Waals surface area (Å²) in [5.74, 6) is 0. The average molecular weight is 231 g/mol. The lowest BCUT2D eigenvalue weighted by atomic mass is 10.2. The number of nitrogens with one attached hydrogen (secondary N) is 1. The smallest absolute Gasteiger partial charge is 0.0729 e. The summed E-state index contributed by atoms with van der Waals surface area (Å²) in [6.45, 7) is 2.93. The first-order valence-electron chi connectivity index (χ1n) is 6.24. The van der Waals surface area contributed by atoms with Crippen molar-refractivity contribution in [2.24, 2.45) is 0 Å². The van der Waals surface area contributed by atoms with Crippen LogP contribution in [0.5, 0.6) is 0 Å². The molecule has 0 spiro atoms. The summed E-state index contributed by atoms with van der Waals surface area (Å²) < 4.78 is 16.2. The van der Waals surface area contributed by atoms with Gasteiger partial charge in [0, 0.05) is 26.4 Å². The van der Waals surface area contributed by atoms with Crippen molar-refractivity contribution >= 4 is 0 Å². The minimum atomic E-state index is 0.382. The molecule has 0 heterocycles. The normalized spacial score (nSPS) is 25.1. The quantitative estimate of drug-likeness (QED) is 0.605. The number of methoxy groups -OCH3 is 1. The lowest BCUT2D eigenvalue weighted by molar-refractivity contribution is -0.00475. The Labute approximate surface area is 98.6 Å². The van der Waals surface area contributed by atoms with Gasteiger partial charge in [-0.25, -0.2) is 0 Å². The van der Waals surface area contributed by atoms with E-state index < -0.39 is 0 Å². The van der Waals surface area contributed by atoms with E-state index in [0.717, 1.165) is 19.6 Å². The molecule has 4 heteroatoms. The van der Waals surface area contributed by atoms with Gasteiger partial charge in [0.2, 0.25) is 0 Å². The predicted molar refractivity (Wildman–Crippen MR) is 63.8 cm³/mol. The lowest BCUT2D eigenvalue weighted by Gasteiger charge is -2.19. The topological polar surface area (TPSA) is 39.7 Å². The van der Waals surface area contributed by atoms with Gasteiger partial charge in [0.25, 0.3) is 0 Å². The summed E-state index contributed by atoms with van der Waals surface area (Å²) in [5, 5.41) is 3.30. The molecule has 1 saturated carbocycles. The van der Waals surface area contributed by atoms with Crippen LogP contribution < -0.4 is 5.32 Å². The molecule has 0 saturated heterocycles. The minimum Gasteiger partial charge on any atom is -0.385 e. The molecule has 1 N–H and O–H groups in total. The summed E-state index contributed by atoms with van der Waals surface area (Å²) in [5.41, 5.74) is 0. The van der Waals surface area contributed by atoms with Crippen LogP contribution in [-0.2, 0) is 14.2 Å². The van der Waals surface area contributed by atoms with Gasteiger partial charge < -0.3 is 19.5 Å². The van der Waals surface area contributed by atoms with Crippen molar-refractivity contribution in [3.8, 4) is 0 Å². The highest BCUT2D eigenvalue weighted by atomic mass is 16.5. The maximum Gasteiger partial charge on any atom is 0.0729 e. The molecule has 0 aromatic carbocycles. The van der Waals surface area contributed by atoms with Gasteiger partial charge in [-0.3, -0.25) is 0 Å². The van der Waals surface area contributed by atoms with Crippen molar-refractivity contribution in [3.05, 3.63) is 0 Å². The number of hydrogen-bond donors (Lipinski definition) is 1. The summed E-state index contributed by atoms with van der Waals surface area (Å²) in [6.07, 6.45) is 5.02. The van der Waals surface area contributed by atoms with Crippen LogP contribution in [0.2, 0.25) is 0 Å². The lowest BCUT2D eigenvalue weighted by Crippen LogP contribution is -2.35. The Bertz CT molecular complexity index is 166. The SMILES string of the molecule is CNC1CCCC1OCCOCCCOC. The van der Waals surface area contributed by atoms with Crippen molar-refractivity contribution in [3.63, 3.8) is 0 Å². The summed E-state index contributed by atoms with van der Waals surface area (Å²) in [4.78, 5) is 0. The third-order valence-corrected chi connectivity index (χ3v) is 3.02. The molecular formula is C12H25NO3. The van der Waals surface area contributed by atoms with Crippen LogP contribution in [0.1, 0.15) is 25.7 Å². The van der Waals surface area contributed by atoms with Gasteiger partial charge >= 0.3 is 0 Å². The summed E-state index contributed by atoms with van der Waals surface area (Å²) in [6, 6.07) is 0.536. The Balaban J connectivity index is 1.90. The van der Waals surface area contributed by atoms with E-state index in [2.05, 4.69) is 5.32 Å². The zero-order valence-electron chi connectivity index (χ0n) is 10.5. The first kappa shape index (κ1) is 13.9. The molecule has 1 aliphatic carbocycles. The molecule has 0 aromatic heterocycles. The third-order valence-electron chi connectivity index (χ3n) is 3.02. The van der Waals surface area contributed by atoms with Gasteiger partial charge in [-0.1, -0.05) is 0 Å². The van der Waals surface area contributed by atoms with E-state index in [0.29, 0.717) is 25.4 Å². The molecule has 0 bridgehead atoms. The second-order valence-corrected chi connectivity index (χ2v) is 4.19. The van der Waals surface area contributed by atoms with Gasteiger partial charge in [-0.2, -0.15) is 0 Å². The summed E-state index contributed by atoms with van der Waals surface area (Å²) >= 11 is 0. The highest BCUT2D eigenvalue weighted by Crippen LogP contribution is 2.21. The standard InChI is InChI=1S/C12H25NO3/c1-13-11-5-3-6-12(11)16-10-9-15-8-4-7-14-2/h11-13H,3-10H2,1-2H3. The van der Waals surface area contributed by atoms with Crippen molar-refractivity contribution < 1.29 is 14.2 Å². The Kier molecular flexibility index (Phi) is 7.76. The highest BCUT2D eigenvalue weighted by Gasteiger charge is 2.26. The molecule has 1 fully saturated rings. The van der Waals surface area contributed by atoms with Crippen molar-refractivity contribution in [2.45, 2.75) is 37.8 Å². The first-order valence-corrected chi connectivity index (χ1v) is 6.24. The Morgan fingerprint density at radius 2 is 2.00 bits per heavy atom. The van der Waals surface area contributed by atoms with Gasteiger partial charge in [-0.05, 0) is 32.7 Å². The Morgan fingerprint density at radius 1 is 1.12 bits per heavy atom. The molecule has 96 valence electrons. The molecule has 4 nitrogen and oxygen atoms in total. The van der Waals surface area contributed by atoms with Crippen LogP contribution in [0.4, 0.5) is 0 Å². The largest absolute Gasteiger partial charge is 0.385 e. The second kappa shape index (κ2) is 8.93. The fraction of sp³-hybridized carbons (Fsp3) is 1.00. The number of likely N-dealkylation sites (N-methyl/N-ethyl adjacent to an activating group) is 1. The molecule has 0 aliphatic heterocycles. The van der Waals surface area contributed by atoms with Crippen LogP contribution in [0, 0.1) is 0 Å². The van der Waals surface area contributed by atoms with Crippen LogP contribution in [-0.4, -0.2) is 52.7 Å². The molecule has 1 rings (SSSR count). The predicted octanol–water partition coefficient (Wildman–Crippen LogP) is 1.20. The number of rotatable bonds is 9. The fourth-order valence-corrected chi connectivity index (χ4v) is 2.12. The van der Waals surface area contributed by atoms with E-state index in [4.69, 9.17) is 14.2 Å². The van der Waals surface area contributed by atoms with Crippen LogP contribution in [0.3, 0.4) is 0 Å².